The second kappa shape index (κ2) is 10.8. The average molecular weight is 442 g/mol. The number of fused-ring (bicyclic) bond motifs is 1. The van der Waals surface area contributed by atoms with Gasteiger partial charge in [0.1, 0.15) is 34.8 Å². The van der Waals surface area contributed by atoms with Crippen LogP contribution in [0.15, 0.2) is 29.2 Å². The summed E-state index contributed by atoms with van der Waals surface area (Å²) in [5, 5.41) is 11.0. The van der Waals surface area contributed by atoms with Crippen LogP contribution in [0, 0.1) is 0 Å². The Balaban J connectivity index is 1.95. The zero-order valence-corrected chi connectivity index (χ0v) is 19.0. The first-order valence-corrected chi connectivity index (χ1v) is 10.7. The molecular formula is C22H31N7O3. The van der Waals surface area contributed by atoms with Crippen LogP contribution in [0.3, 0.4) is 0 Å². The third kappa shape index (κ3) is 5.44. The van der Waals surface area contributed by atoms with Crippen LogP contribution in [-0.2, 0) is 6.54 Å². The Hall–Kier alpha value is -3.40. The van der Waals surface area contributed by atoms with Gasteiger partial charge in [-0.05, 0) is 32.5 Å². The van der Waals surface area contributed by atoms with Gasteiger partial charge in [0.05, 0.1) is 19.9 Å². The zero-order valence-electron chi connectivity index (χ0n) is 19.0. The van der Waals surface area contributed by atoms with E-state index in [9.17, 15) is 4.79 Å². The van der Waals surface area contributed by atoms with Crippen molar-refractivity contribution in [2.75, 3.05) is 38.4 Å². The number of benzene rings is 1. The minimum Gasteiger partial charge on any atom is -0.496 e. The van der Waals surface area contributed by atoms with E-state index in [0.29, 0.717) is 34.8 Å². The zero-order chi connectivity index (χ0) is 23.1. The first-order valence-electron chi connectivity index (χ1n) is 10.7. The van der Waals surface area contributed by atoms with Crippen molar-refractivity contribution in [3.8, 4) is 11.5 Å². The number of ether oxygens (including phenoxy) is 2. The Labute approximate surface area is 187 Å². The fourth-order valence-corrected chi connectivity index (χ4v) is 3.44. The highest BCUT2D eigenvalue weighted by Crippen LogP contribution is 2.25. The van der Waals surface area contributed by atoms with E-state index in [-0.39, 0.29) is 24.1 Å². The summed E-state index contributed by atoms with van der Waals surface area (Å²) >= 11 is 0. The molecule has 10 nitrogen and oxygen atoms in total. The summed E-state index contributed by atoms with van der Waals surface area (Å²) in [6.45, 7) is 5.65. The molecule has 10 heteroatoms. The lowest BCUT2D eigenvalue weighted by Crippen LogP contribution is -2.26. The molecule has 0 aliphatic carbocycles. The molecule has 0 saturated carbocycles. The van der Waals surface area contributed by atoms with Crippen molar-refractivity contribution in [1.29, 1.82) is 0 Å². The summed E-state index contributed by atoms with van der Waals surface area (Å²) in [5.41, 5.74) is 6.76. The molecule has 0 bridgehead atoms. The predicted octanol–water partition coefficient (Wildman–Crippen LogP) is 2.02. The number of nitrogen functional groups attached to an aromatic ring is 1. The third-order valence-corrected chi connectivity index (χ3v) is 5.03. The molecule has 0 aliphatic heterocycles. The number of nitrogens with two attached hydrogens (primary N) is 1. The number of rotatable bonds is 11. The minimum atomic E-state index is -0.301. The Morgan fingerprint density at radius 3 is 2.81 bits per heavy atom. The SMILES string of the molecule is CCC[C@@H](C)Nc1nc(N)nc2cnn(Cc3ccc(OCCNC)cc3OC)c(=O)c12. The molecule has 172 valence electrons. The molecule has 32 heavy (non-hydrogen) atoms. The van der Waals surface area contributed by atoms with E-state index in [4.69, 9.17) is 15.2 Å². The van der Waals surface area contributed by atoms with Gasteiger partial charge in [0, 0.05) is 24.2 Å². The van der Waals surface area contributed by atoms with Crippen molar-refractivity contribution in [3.63, 3.8) is 0 Å². The van der Waals surface area contributed by atoms with Crippen LogP contribution < -0.4 is 31.4 Å². The van der Waals surface area contributed by atoms with Gasteiger partial charge in [-0.25, -0.2) is 9.67 Å². The molecular weight excluding hydrogens is 410 g/mol. The highest BCUT2D eigenvalue weighted by atomic mass is 16.5. The van der Waals surface area contributed by atoms with E-state index < -0.39 is 0 Å². The fourth-order valence-electron chi connectivity index (χ4n) is 3.44. The Morgan fingerprint density at radius 1 is 1.28 bits per heavy atom. The van der Waals surface area contributed by atoms with Crippen molar-refractivity contribution in [2.24, 2.45) is 0 Å². The van der Waals surface area contributed by atoms with Crippen molar-refractivity contribution in [2.45, 2.75) is 39.3 Å². The van der Waals surface area contributed by atoms with Crippen LogP contribution in [0.1, 0.15) is 32.3 Å². The van der Waals surface area contributed by atoms with E-state index >= 15 is 0 Å². The highest BCUT2D eigenvalue weighted by molar-refractivity contribution is 5.88. The molecule has 0 unspecified atom stereocenters. The number of likely N-dealkylation sites (N-methyl/N-ethyl adjacent to an activating group) is 1. The van der Waals surface area contributed by atoms with Gasteiger partial charge >= 0.3 is 0 Å². The van der Waals surface area contributed by atoms with Crippen LogP contribution in [0.5, 0.6) is 11.5 Å². The maximum Gasteiger partial charge on any atom is 0.280 e. The summed E-state index contributed by atoms with van der Waals surface area (Å²) in [5.74, 6) is 1.83. The van der Waals surface area contributed by atoms with Crippen molar-refractivity contribution in [1.82, 2.24) is 25.1 Å². The van der Waals surface area contributed by atoms with Gasteiger partial charge in [0.2, 0.25) is 5.95 Å². The third-order valence-electron chi connectivity index (χ3n) is 5.03. The highest BCUT2D eigenvalue weighted by Gasteiger charge is 2.16. The summed E-state index contributed by atoms with van der Waals surface area (Å²) in [4.78, 5) is 21.8. The van der Waals surface area contributed by atoms with Gasteiger partial charge in [0.25, 0.3) is 5.56 Å². The van der Waals surface area contributed by atoms with E-state index in [1.54, 1.807) is 13.2 Å². The van der Waals surface area contributed by atoms with Crippen LogP contribution in [0.4, 0.5) is 11.8 Å². The fraction of sp³-hybridized carbons (Fsp3) is 0.455. The molecule has 3 aromatic rings. The molecule has 1 aromatic carbocycles. The molecule has 0 aliphatic rings. The average Bonchev–Trinajstić information content (AvgIpc) is 2.76. The van der Waals surface area contributed by atoms with Crippen LogP contribution in [0.25, 0.3) is 10.9 Å². The molecule has 0 amide bonds. The Kier molecular flexibility index (Phi) is 7.82. The van der Waals surface area contributed by atoms with Crippen LogP contribution in [0.2, 0.25) is 0 Å². The summed E-state index contributed by atoms with van der Waals surface area (Å²) in [7, 11) is 3.45. The molecule has 3 rings (SSSR count). The van der Waals surface area contributed by atoms with Gasteiger partial charge in [-0.3, -0.25) is 4.79 Å². The van der Waals surface area contributed by atoms with Crippen LogP contribution >= 0.6 is 0 Å². The maximum absolute atomic E-state index is 13.3. The van der Waals surface area contributed by atoms with Gasteiger partial charge < -0.3 is 25.8 Å². The molecule has 0 saturated heterocycles. The normalized spacial score (nSPS) is 12.0. The number of hydrogen-bond acceptors (Lipinski definition) is 9. The first kappa shape index (κ1) is 23.3. The molecule has 1 atom stereocenters. The molecule has 2 aromatic heterocycles. The van der Waals surface area contributed by atoms with E-state index in [1.165, 1.54) is 10.9 Å². The number of anilines is 2. The minimum absolute atomic E-state index is 0.0955. The lowest BCUT2D eigenvalue weighted by molar-refractivity contribution is 0.315. The lowest BCUT2D eigenvalue weighted by Gasteiger charge is -2.16. The number of nitrogens with one attached hydrogen (secondary N) is 2. The van der Waals surface area contributed by atoms with E-state index in [0.717, 1.165) is 24.9 Å². The Bertz CT molecular complexity index is 1120. The van der Waals surface area contributed by atoms with Crippen LogP contribution in [-0.4, -0.2) is 53.1 Å². The number of nitrogens with zero attached hydrogens (tertiary/aromatic N) is 4. The Morgan fingerprint density at radius 2 is 2.09 bits per heavy atom. The van der Waals surface area contributed by atoms with Crippen molar-refractivity contribution < 1.29 is 9.47 Å². The quantitative estimate of drug-likeness (QED) is 0.383. The smallest absolute Gasteiger partial charge is 0.280 e. The summed E-state index contributed by atoms with van der Waals surface area (Å²) < 4.78 is 12.6. The molecule has 4 N–H and O–H groups in total. The maximum atomic E-state index is 13.3. The number of hydrogen-bond donors (Lipinski definition) is 3. The monoisotopic (exact) mass is 441 g/mol. The predicted molar refractivity (Wildman–Crippen MR) is 126 cm³/mol. The van der Waals surface area contributed by atoms with Gasteiger partial charge in [-0.15, -0.1) is 0 Å². The van der Waals surface area contributed by atoms with Gasteiger partial charge in [-0.2, -0.15) is 10.1 Å². The van der Waals surface area contributed by atoms with Gasteiger partial charge in [-0.1, -0.05) is 13.3 Å². The molecule has 0 radical (unpaired) electrons. The molecule has 0 spiro atoms. The standard InChI is InChI=1S/C22H31N7O3/c1-5-6-14(2)26-20-19-17(27-22(23)28-20)12-25-29(21(19)30)13-15-7-8-16(11-18(15)31-4)32-10-9-24-3/h7-8,11-12,14,24H,5-6,9-10,13H2,1-4H3,(H3,23,26,27,28)/t14-/m1/s1. The van der Waals surface area contributed by atoms with E-state index in [2.05, 4.69) is 32.6 Å². The van der Waals surface area contributed by atoms with Crippen molar-refractivity contribution >= 4 is 22.7 Å². The summed E-state index contributed by atoms with van der Waals surface area (Å²) in [6, 6.07) is 5.66. The lowest BCUT2D eigenvalue weighted by atomic mass is 10.2. The van der Waals surface area contributed by atoms with E-state index in [1.807, 2.05) is 26.1 Å². The number of aromatic nitrogens is 4. The molecule has 0 fully saturated rings. The summed E-state index contributed by atoms with van der Waals surface area (Å²) in [6.07, 6.45) is 3.48. The second-order valence-electron chi connectivity index (χ2n) is 7.56. The first-order chi connectivity index (χ1) is 15.5. The molecule has 2 heterocycles. The number of methoxy groups -OCH3 is 1. The topological polar surface area (TPSA) is 129 Å². The van der Waals surface area contributed by atoms with Crippen molar-refractivity contribution in [3.05, 3.63) is 40.3 Å². The van der Waals surface area contributed by atoms with Gasteiger partial charge in [0.15, 0.2) is 0 Å². The largest absolute Gasteiger partial charge is 0.496 e. The second-order valence-corrected chi connectivity index (χ2v) is 7.56.